The number of carbonyl (C=O) groups excluding carboxylic acids is 3. The van der Waals surface area contributed by atoms with Gasteiger partial charge in [-0.3, -0.25) is 19.3 Å². The van der Waals surface area contributed by atoms with E-state index in [-0.39, 0.29) is 54.4 Å². The number of rotatable bonds is 30. The number of nitrogens with zero attached hydrogens (tertiary/aromatic N) is 1. The first kappa shape index (κ1) is 38.5. The van der Waals surface area contributed by atoms with Crippen LogP contribution in [0.3, 0.4) is 0 Å². The molecule has 3 amide bonds. The first-order chi connectivity index (χ1) is 22.6. The first-order valence-electron chi connectivity index (χ1n) is 17.0. The van der Waals surface area contributed by atoms with Crippen molar-refractivity contribution in [3.63, 3.8) is 0 Å². The molecule has 4 atom stereocenters. The molecule has 13 nitrogen and oxygen atoms in total. The second kappa shape index (κ2) is 23.4. The van der Waals surface area contributed by atoms with Gasteiger partial charge in [0.25, 0.3) is 0 Å². The summed E-state index contributed by atoms with van der Waals surface area (Å²) in [6, 6.07) is 0. The fraction of sp³-hybridized carbons (Fsp3) is 0.848. The molecule has 0 spiro atoms. The van der Waals surface area contributed by atoms with Crippen molar-refractivity contribution in [2.75, 3.05) is 119 Å². The van der Waals surface area contributed by atoms with E-state index >= 15 is 0 Å². The van der Waals surface area contributed by atoms with Crippen molar-refractivity contribution in [1.82, 2.24) is 10.2 Å². The van der Waals surface area contributed by atoms with Crippen molar-refractivity contribution in [2.24, 2.45) is 23.7 Å². The summed E-state index contributed by atoms with van der Waals surface area (Å²) in [4.78, 5) is 39.5. The molecular formula is C33H56N2O11. The molecule has 4 unspecified atom stereocenters. The molecule has 264 valence electrons. The van der Waals surface area contributed by atoms with Crippen LogP contribution in [0.1, 0.15) is 39.5 Å². The van der Waals surface area contributed by atoms with Gasteiger partial charge in [-0.05, 0) is 31.6 Å². The maximum atomic E-state index is 13.0. The van der Waals surface area contributed by atoms with Crippen LogP contribution < -0.4 is 5.32 Å². The van der Waals surface area contributed by atoms with E-state index in [9.17, 15) is 14.4 Å². The maximum Gasteiger partial charge on any atom is 0.233 e. The number of carbonyl (C=O) groups is 3. The second-order valence-electron chi connectivity index (χ2n) is 11.5. The fourth-order valence-electron chi connectivity index (χ4n) is 6.21. The minimum atomic E-state index is -0.224. The number of nitrogens with one attached hydrogen (secondary N) is 1. The van der Waals surface area contributed by atoms with Gasteiger partial charge in [-0.15, -0.1) is 0 Å². The zero-order valence-electron chi connectivity index (χ0n) is 27.9. The molecule has 1 heterocycles. The Labute approximate surface area is 273 Å². The van der Waals surface area contributed by atoms with Gasteiger partial charge in [0.05, 0.1) is 111 Å². The number of fused-ring (bicyclic) bond motifs is 5. The predicted octanol–water partition coefficient (Wildman–Crippen LogP) is 1.62. The summed E-state index contributed by atoms with van der Waals surface area (Å²) in [5, 5.41) is 2.79. The van der Waals surface area contributed by atoms with Crippen LogP contribution >= 0.6 is 0 Å². The van der Waals surface area contributed by atoms with Crippen LogP contribution in [0.2, 0.25) is 0 Å². The van der Waals surface area contributed by atoms with Crippen LogP contribution in [0, 0.1) is 23.7 Å². The van der Waals surface area contributed by atoms with E-state index in [0.29, 0.717) is 112 Å². The van der Waals surface area contributed by atoms with E-state index in [0.717, 1.165) is 19.3 Å². The second-order valence-corrected chi connectivity index (χ2v) is 11.5. The molecule has 0 aromatic rings. The van der Waals surface area contributed by atoms with Crippen molar-refractivity contribution in [1.29, 1.82) is 0 Å². The third-order valence-electron chi connectivity index (χ3n) is 8.29. The molecule has 0 aromatic carbocycles. The van der Waals surface area contributed by atoms with Gasteiger partial charge in [-0.25, -0.2) is 0 Å². The lowest BCUT2D eigenvalue weighted by atomic mass is 9.80. The topological polar surface area (TPSA) is 140 Å². The predicted molar refractivity (Wildman–Crippen MR) is 168 cm³/mol. The molecule has 46 heavy (non-hydrogen) atoms. The lowest BCUT2D eigenvalue weighted by Gasteiger charge is -2.21. The Bertz CT molecular complexity index is 918. The normalized spacial score (nSPS) is 21.8. The summed E-state index contributed by atoms with van der Waals surface area (Å²) in [5.41, 5.74) is 1.35. The Morgan fingerprint density at radius 3 is 1.63 bits per heavy atom. The van der Waals surface area contributed by atoms with E-state index in [1.165, 1.54) is 10.5 Å². The summed E-state index contributed by atoms with van der Waals surface area (Å²) >= 11 is 0. The Morgan fingerprint density at radius 2 is 1.15 bits per heavy atom. The minimum absolute atomic E-state index is 0.0925. The number of imide groups is 1. The summed E-state index contributed by atoms with van der Waals surface area (Å²) in [6.45, 7) is 12.6. The van der Waals surface area contributed by atoms with E-state index in [2.05, 4.69) is 18.3 Å². The summed E-state index contributed by atoms with van der Waals surface area (Å²) in [6.07, 6.45) is 5.30. The van der Waals surface area contributed by atoms with Crippen LogP contribution in [0.5, 0.6) is 0 Å². The maximum absolute atomic E-state index is 13.0. The highest BCUT2D eigenvalue weighted by atomic mass is 16.6. The van der Waals surface area contributed by atoms with Crippen molar-refractivity contribution in [3.05, 3.63) is 11.6 Å². The Kier molecular flexibility index (Phi) is 19.5. The molecule has 0 radical (unpaired) electrons. The average molecular weight is 657 g/mol. The molecule has 3 aliphatic rings. The minimum Gasteiger partial charge on any atom is -0.379 e. The number of allylic oxidation sites excluding steroid dienone is 2. The van der Waals surface area contributed by atoms with Gasteiger partial charge in [-0.2, -0.15) is 0 Å². The van der Waals surface area contributed by atoms with Gasteiger partial charge in [-0.1, -0.05) is 25.0 Å². The lowest BCUT2D eigenvalue weighted by Crippen LogP contribution is -2.37. The van der Waals surface area contributed by atoms with Gasteiger partial charge in [0.15, 0.2) is 0 Å². The van der Waals surface area contributed by atoms with Crippen LogP contribution in [0.4, 0.5) is 0 Å². The van der Waals surface area contributed by atoms with E-state index in [1.807, 2.05) is 6.92 Å². The Morgan fingerprint density at radius 1 is 0.696 bits per heavy atom. The highest BCUT2D eigenvalue weighted by molar-refractivity contribution is 6.06. The van der Waals surface area contributed by atoms with Gasteiger partial charge >= 0.3 is 0 Å². The van der Waals surface area contributed by atoms with Crippen LogP contribution in [-0.4, -0.2) is 141 Å². The molecule has 1 saturated carbocycles. The van der Waals surface area contributed by atoms with Crippen molar-refractivity contribution < 1.29 is 52.3 Å². The van der Waals surface area contributed by atoms with Gasteiger partial charge in [0.2, 0.25) is 17.7 Å². The van der Waals surface area contributed by atoms with Gasteiger partial charge < -0.3 is 43.2 Å². The van der Waals surface area contributed by atoms with E-state index in [1.54, 1.807) is 0 Å². The molecule has 1 N–H and O–H groups in total. The molecule has 1 aliphatic heterocycles. The van der Waals surface area contributed by atoms with Crippen LogP contribution in [0.15, 0.2) is 11.6 Å². The molecule has 0 aromatic heterocycles. The molecule has 13 heteroatoms. The SMILES string of the molecule is CCCC1=CC2CC1C1C(=O)N(CCC(=O)NCCOCCOCCOCCOCCOCCOCCOCCOCC)C(=O)C21. The molecule has 1 saturated heterocycles. The third-order valence-corrected chi connectivity index (χ3v) is 8.29. The average Bonchev–Trinajstić information content (AvgIpc) is 3.70. The number of ether oxygens (including phenoxy) is 8. The third kappa shape index (κ3) is 13.3. The van der Waals surface area contributed by atoms with Gasteiger partial charge in [0, 0.05) is 26.1 Å². The van der Waals surface area contributed by atoms with Gasteiger partial charge in [0.1, 0.15) is 0 Å². The molecule has 3 rings (SSSR count). The first-order valence-corrected chi connectivity index (χ1v) is 17.0. The quantitative estimate of drug-likeness (QED) is 0.0686. The number of likely N-dealkylation sites (tertiary alicyclic amines) is 1. The zero-order chi connectivity index (χ0) is 32.8. The van der Waals surface area contributed by atoms with E-state index < -0.39 is 0 Å². The summed E-state index contributed by atoms with van der Waals surface area (Å²) in [5.74, 6) is -0.444. The smallest absolute Gasteiger partial charge is 0.233 e. The van der Waals surface area contributed by atoms with Crippen LogP contribution in [-0.2, 0) is 52.3 Å². The summed E-state index contributed by atoms with van der Waals surface area (Å²) < 4.78 is 43.3. The Balaban J connectivity index is 1.02. The fourth-order valence-corrected chi connectivity index (χ4v) is 6.21. The Hall–Kier alpha value is -1.97. The monoisotopic (exact) mass is 656 g/mol. The molecule has 2 fully saturated rings. The van der Waals surface area contributed by atoms with Crippen molar-refractivity contribution in [2.45, 2.75) is 39.5 Å². The number of hydrogen-bond donors (Lipinski definition) is 1. The highest BCUT2D eigenvalue weighted by Gasteiger charge is 2.60. The zero-order valence-corrected chi connectivity index (χ0v) is 27.9. The number of amides is 3. The molecular weight excluding hydrogens is 600 g/mol. The number of hydrogen-bond acceptors (Lipinski definition) is 11. The van der Waals surface area contributed by atoms with Crippen LogP contribution in [0.25, 0.3) is 0 Å². The van der Waals surface area contributed by atoms with Crippen molar-refractivity contribution >= 4 is 17.7 Å². The molecule has 2 aliphatic carbocycles. The largest absolute Gasteiger partial charge is 0.379 e. The van der Waals surface area contributed by atoms with Crippen molar-refractivity contribution in [3.8, 4) is 0 Å². The lowest BCUT2D eigenvalue weighted by molar-refractivity contribution is -0.141. The summed E-state index contributed by atoms with van der Waals surface area (Å²) in [7, 11) is 0. The molecule has 2 bridgehead atoms. The van der Waals surface area contributed by atoms with E-state index in [4.69, 9.17) is 37.9 Å². The standard InChI is InChI=1S/C33H56N2O11/c1-3-5-26-24-27-25-28(26)31-30(27)32(37)35(33(31)38)8-6-29(36)34-7-9-40-12-13-42-16-17-44-20-21-46-23-22-45-19-18-43-15-14-41-11-10-39-4-2/h24,27-28,30-31H,3-23,25H2,1-2H3,(H,34,36). The highest BCUT2D eigenvalue weighted by Crippen LogP contribution is 2.56.